The zero-order valence-electron chi connectivity index (χ0n) is 17.7. The maximum Gasteiger partial charge on any atom is 0.261 e. The molecule has 0 atom stereocenters. The Kier molecular flexibility index (Phi) is 6.77. The fraction of sp³-hybridized carbons (Fsp3) is 0.545. The van der Waals surface area contributed by atoms with E-state index in [2.05, 4.69) is 5.16 Å². The Bertz CT molecular complexity index is 844. The van der Waals surface area contributed by atoms with Crippen LogP contribution in [0.2, 0.25) is 0 Å². The molecule has 7 heteroatoms. The van der Waals surface area contributed by atoms with Gasteiger partial charge in [0.1, 0.15) is 5.56 Å². The van der Waals surface area contributed by atoms with E-state index in [0.717, 1.165) is 18.8 Å². The van der Waals surface area contributed by atoms with Crippen molar-refractivity contribution in [2.45, 2.75) is 38.5 Å². The first-order valence-corrected chi connectivity index (χ1v) is 10.2. The van der Waals surface area contributed by atoms with E-state index in [9.17, 15) is 9.18 Å². The van der Waals surface area contributed by atoms with Gasteiger partial charge < -0.3 is 19.1 Å². The summed E-state index contributed by atoms with van der Waals surface area (Å²) in [6.07, 6.45) is 7.42. The number of anilines is 1. The molecule has 1 fully saturated rings. The minimum atomic E-state index is -0.472. The lowest BCUT2D eigenvalue weighted by molar-refractivity contribution is 0.0792. The highest BCUT2D eigenvalue weighted by Gasteiger charge is 2.28. The molecule has 1 saturated carbocycles. The van der Waals surface area contributed by atoms with Gasteiger partial charge in [-0.15, -0.1) is 0 Å². The molecule has 1 amide bonds. The number of aromatic nitrogens is 1. The van der Waals surface area contributed by atoms with E-state index in [-0.39, 0.29) is 11.7 Å². The van der Waals surface area contributed by atoms with Crippen LogP contribution in [-0.2, 0) is 0 Å². The first-order chi connectivity index (χ1) is 13.9. The highest BCUT2D eigenvalue weighted by atomic mass is 19.1. The number of benzene rings is 1. The van der Waals surface area contributed by atoms with E-state index in [1.165, 1.54) is 44.9 Å². The fourth-order valence-electron chi connectivity index (χ4n) is 3.99. The van der Waals surface area contributed by atoms with Crippen LogP contribution < -0.4 is 9.64 Å². The van der Waals surface area contributed by atoms with Crippen molar-refractivity contribution < 1.29 is 18.4 Å². The topological polar surface area (TPSA) is 58.8 Å². The van der Waals surface area contributed by atoms with Crippen molar-refractivity contribution in [3.05, 3.63) is 29.6 Å². The summed E-state index contributed by atoms with van der Waals surface area (Å²) in [4.78, 5) is 16.7. The summed E-state index contributed by atoms with van der Waals surface area (Å²) in [6.45, 7) is 0.680. The van der Waals surface area contributed by atoms with Crippen LogP contribution >= 0.6 is 0 Å². The number of amides is 1. The molecule has 2 aromatic rings. The molecule has 1 aliphatic carbocycles. The Balaban J connectivity index is 1.82. The van der Waals surface area contributed by atoms with Gasteiger partial charge in [0.25, 0.3) is 5.91 Å². The van der Waals surface area contributed by atoms with Gasteiger partial charge in [-0.05, 0) is 37.0 Å². The molecule has 0 aliphatic heterocycles. The molecule has 0 saturated heterocycles. The van der Waals surface area contributed by atoms with Gasteiger partial charge in [-0.2, -0.15) is 0 Å². The van der Waals surface area contributed by atoms with Crippen LogP contribution in [0, 0.1) is 11.7 Å². The maximum atomic E-state index is 13.8. The minimum Gasteiger partial charge on any atom is -0.494 e. The summed E-state index contributed by atoms with van der Waals surface area (Å²) in [6, 6.07) is 4.38. The van der Waals surface area contributed by atoms with E-state index in [1.54, 1.807) is 22.9 Å². The van der Waals surface area contributed by atoms with Crippen LogP contribution in [0.15, 0.2) is 22.7 Å². The lowest BCUT2D eigenvalue weighted by Crippen LogP contribution is -2.29. The molecule has 6 nitrogen and oxygen atoms in total. The SMILES string of the molecule is COc1cc(-c2onc(N(C)C)c2C(=O)N(C)CCCC2CCCC2)ccc1F. The largest absolute Gasteiger partial charge is 0.494 e. The number of carbonyl (C=O) groups excluding carboxylic acids is 1. The lowest BCUT2D eigenvalue weighted by Gasteiger charge is -2.20. The molecule has 1 aromatic carbocycles. The predicted octanol–water partition coefficient (Wildman–Crippen LogP) is 4.60. The van der Waals surface area contributed by atoms with Gasteiger partial charge in [0, 0.05) is 33.3 Å². The average molecular weight is 403 g/mol. The highest BCUT2D eigenvalue weighted by molar-refractivity contribution is 6.04. The van der Waals surface area contributed by atoms with Crippen LogP contribution in [0.4, 0.5) is 10.2 Å². The number of hydrogen-bond donors (Lipinski definition) is 0. The second kappa shape index (κ2) is 9.29. The molecule has 0 bridgehead atoms. The average Bonchev–Trinajstić information content (AvgIpc) is 3.37. The van der Waals surface area contributed by atoms with Gasteiger partial charge in [0.05, 0.1) is 7.11 Å². The van der Waals surface area contributed by atoms with Crippen molar-refractivity contribution in [2.75, 3.05) is 39.7 Å². The van der Waals surface area contributed by atoms with E-state index in [1.807, 2.05) is 14.1 Å². The standard InChI is InChI=1S/C22H30FN3O3/c1-25(2)21-19(22(27)26(3)13-7-10-15-8-5-6-9-15)20(29-24-21)16-11-12-17(23)18(14-16)28-4/h11-12,14-15H,5-10,13H2,1-4H3. The van der Waals surface area contributed by atoms with Crippen LogP contribution in [0.3, 0.4) is 0 Å². The minimum absolute atomic E-state index is 0.0913. The van der Waals surface area contributed by atoms with E-state index >= 15 is 0 Å². The monoisotopic (exact) mass is 403 g/mol. The summed E-state index contributed by atoms with van der Waals surface area (Å²) in [5.74, 6) is 1.04. The quantitative estimate of drug-likeness (QED) is 0.645. The Morgan fingerprint density at radius 2 is 2.00 bits per heavy atom. The summed E-state index contributed by atoms with van der Waals surface area (Å²) in [5, 5.41) is 4.09. The van der Waals surface area contributed by atoms with Crippen LogP contribution in [0.5, 0.6) is 5.75 Å². The number of methoxy groups -OCH3 is 1. The maximum absolute atomic E-state index is 13.8. The van der Waals surface area contributed by atoms with Gasteiger partial charge in [-0.1, -0.05) is 30.8 Å². The number of carbonyl (C=O) groups is 1. The van der Waals surface area contributed by atoms with Crippen molar-refractivity contribution >= 4 is 11.7 Å². The fourth-order valence-corrected chi connectivity index (χ4v) is 3.99. The second-order valence-corrected chi connectivity index (χ2v) is 7.97. The third-order valence-corrected chi connectivity index (χ3v) is 5.65. The Labute approximate surface area is 171 Å². The van der Waals surface area contributed by atoms with Crippen molar-refractivity contribution in [3.8, 4) is 17.1 Å². The van der Waals surface area contributed by atoms with E-state index < -0.39 is 5.82 Å². The molecule has 3 rings (SSSR count). The first-order valence-electron chi connectivity index (χ1n) is 10.2. The van der Waals surface area contributed by atoms with Crippen molar-refractivity contribution in [3.63, 3.8) is 0 Å². The van der Waals surface area contributed by atoms with Gasteiger partial charge in [0.2, 0.25) is 0 Å². The number of hydrogen-bond acceptors (Lipinski definition) is 5. The Morgan fingerprint density at radius 1 is 1.28 bits per heavy atom. The van der Waals surface area contributed by atoms with Crippen LogP contribution in [0.1, 0.15) is 48.9 Å². The molecule has 0 unspecified atom stereocenters. The first kappa shape index (κ1) is 21.1. The summed E-state index contributed by atoms with van der Waals surface area (Å²) >= 11 is 0. The van der Waals surface area contributed by atoms with Gasteiger partial charge >= 0.3 is 0 Å². The third-order valence-electron chi connectivity index (χ3n) is 5.65. The lowest BCUT2D eigenvalue weighted by atomic mass is 10.0. The Hall–Kier alpha value is -2.57. The normalized spacial score (nSPS) is 14.2. The molecule has 1 heterocycles. The molecule has 1 aliphatic rings. The zero-order valence-corrected chi connectivity index (χ0v) is 17.7. The van der Waals surface area contributed by atoms with Crippen LogP contribution in [0.25, 0.3) is 11.3 Å². The summed E-state index contributed by atoms with van der Waals surface area (Å²) < 4.78 is 24.4. The smallest absolute Gasteiger partial charge is 0.261 e. The van der Waals surface area contributed by atoms with Crippen molar-refractivity contribution in [2.24, 2.45) is 5.92 Å². The number of nitrogens with zero attached hydrogens (tertiary/aromatic N) is 3. The molecule has 1 aromatic heterocycles. The molecule has 0 spiro atoms. The summed E-state index contributed by atoms with van der Waals surface area (Å²) in [5.41, 5.74) is 0.929. The molecular formula is C22H30FN3O3. The number of ether oxygens (including phenoxy) is 1. The summed E-state index contributed by atoms with van der Waals surface area (Å²) in [7, 11) is 6.82. The van der Waals surface area contributed by atoms with Crippen LogP contribution in [-0.4, -0.2) is 50.8 Å². The predicted molar refractivity (Wildman–Crippen MR) is 111 cm³/mol. The highest BCUT2D eigenvalue weighted by Crippen LogP contribution is 2.34. The van der Waals surface area contributed by atoms with E-state index in [4.69, 9.17) is 9.26 Å². The van der Waals surface area contributed by atoms with Gasteiger partial charge in [-0.3, -0.25) is 4.79 Å². The van der Waals surface area contributed by atoms with Crippen molar-refractivity contribution in [1.29, 1.82) is 0 Å². The molecule has 29 heavy (non-hydrogen) atoms. The molecule has 0 N–H and O–H groups in total. The second-order valence-electron chi connectivity index (χ2n) is 7.97. The molecular weight excluding hydrogens is 373 g/mol. The zero-order chi connectivity index (χ0) is 21.0. The third kappa shape index (κ3) is 4.71. The molecule has 0 radical (unpaired) electrons. The van der Waals surface area contributed by atoms with Gasteiger partial charge in [-0.25, -0.2) is 4.39 Å². The van der Waals surface area contributed by atoms with Crippen molar-refractivity contribution in [1.82, 2.24) is 10.1 Å². The number of rotatable bonds is 8. The Morgan fingerprint density at radius 3 is 2.66 bits per heavy atom. The van der Waals surface area contributed by atoms with E-state index in [0.29, 0.717) is 29.2 Å². The molecule has 158 valence electrons. The van der Waals surface area contributed by atoms with Gasteiger partial charge in [0.15, 0.2) is 23.1 Å². The number of halogens is 1.